The molecule has 0 atom stereocenters. The zero-order chi connectivity index (χ0) is 18.0. The molecule has 0 radical (unpaired) electrons. The summed E-state index contributed by atoms with van der Waals surface area (Å²) < 4.78 is 7.13. The Labute approximate surface area is 148 Å². The third-order valence-electron chi connectivity index (χ3n) is 4.02. The number of rotatable bonds is 2. The van der Waals surface area contributed by atoms with Gasteiger partial charge in [-0.1, -0.05) is 0 Å². The maximum absolute atomic E-state index is 12.1. The van der Waals surface area contributed by atoms with Crippen LogP contribution in [-0.2, 0) is 11.8 Å². The average Bonchev–Trinajstić information content (AvgIpc) is 3.00. The normalized spacial score (nSPS) is 15.4. The van der Waals surface area contributed by atoms with Gasteiger partial charge in [-0.2, -0.15) is 5.10 Å². The molecule has 0 unspecified atom stereocenters. The Morgan fingerprint density at radius 2 is 1.72 bits per heavy atom. The highest BCUT2D eigenvalue weighted by Gasteiger charge is 2.25. The number of hydrogen-bond donors (Lipinski definition) is 0. The van der Waals surface area contributed by atoms with E-state index in [2.05, 4.69) is 27.1 Å². The van der Waals surface area contributed by atoms with E-state index in [1.54, 1.807) is 15.9 Å². The van der Waals surface area contributed by atoms with Gasteiger partial charge in [0.15, 0.2) is 5.82 Å². The van der Waals surface area contributed by atoms with E-state index in [0.717, 1.165) is 30.2 Å². The minimum Gasteiger partial charge on any atom is -0.444 e. The van der Waals surface area contributed by atoms with E-state index in [1.165, 1.54) is 0 Å². The molecule has 134 valence electrons. The van der Waals surface area contributed by atoms with Gasteiger partial charge in [0, 0.05) is 44.5 Å². The monoisotopic (exact) mass is 343 g/mol. The highest BCUT2D eigenvalue weighted by atomic mass is 16.6. The molecule has 0 saturated carbocycles. The molecule has 1 saturated heterocycles. The Balaban J connectivity index is 1.59. The SMILES string of the molecule is Cn1cnc(-c2ccc(N3CCN(C(=O)OC(C)(C)C)CC3)cc2)n1. The lowest BCUT2D eigenvalue weighted by Gasteiger charge is -2.36. The Hall–Kier alpha value is -2.57. The third kappa shape index (κ3) is 4.29. The van der Waals surface area contributed by atoms with Gasteiger partial charge in [0.25, 0.3) is 0 Å². The number of nitrogens with zero attached hydrogens (tertiary/aromatic N) is 5. The lowest BCUT2D eigenvalue weighted by Crippen LogP contribution is -2.50. The minimum absolute atomic E-state index is 0.233. The predicted molar refractivity (Wildman–Crippen MR) is 96.5 cm³/mol. The van der Waals surface area contributed by atoms with Gasteiger partial charge in [-0.3, -0.25) is 4.68 Å². The lowest BCUT2D eigenvalue weighted by atomic mass is 10.1. The number of ether oxygens (including phenoxy) is 1. The summed E-state index contributed by atoms with van der Waals surface area (Å²) in [6.45, 7) is 8.58. The molecular weight excluding hydrogens is 318 g/mol. The molecule has 1 aliphatic rings. The number of amides is 1. The van der Waals surface area contributed by atoms with Crippen molar-refractivity contribution in [3.05, 3.63) is 30.6 Å². The Morgan fingerprint density at radius 1 is 1.08 bits per heavy atom. The van der Waals surface area contributed by atoms with Gasteiger partial charge < -0.3 is 14.5 Å². The molecule has 0 spiro atoms. The van der Waals surface area contributed by atoms with Crippen molar-refractivity contribution >= 4 is 11.8 Å². The van der Waals surface area contributed by atoms with Gasteiger partial charge >= 0.3 is 6.09 Å². The summed E-state index contributed by atoms with van der Waals surface area (Å²) in [6, 6.07) is 8.22. The van der Waals surface area contributed by atoms with Crippen molar-refractivity contribution in [1.82, 2.24) is 19.7 Å². The molecule has 0 aliphatic carbocycles. The van der Waals surface area contributed by atoms with Crippen molar-refractivity contribution in [2.24, 2.45) is 7.05 Å². The summed E-state index contributed by atoms with van der Waals surface area (Å²) in [4.78, 5) is 20.4. The van der Waals surface area contributed by atoms with Crippen molar-refractivity contribution in [3.8, 4) is 11.4 Å². The molecule has 0 N–H and O–H groups in total. The molecule has 2 heterocycles. The molecule has 1 fully saturated rings. The fraction of sp³-hybridized carbons (Fsp3) is 0.500. The van der Waals surface area contributed by atoms with Crippen LogP contribution in [0.15, 0.2) is 30.6 Å². The number of aryl methyl sites for hydroxylation is 1. The van der Waals surface area contributed by atoms with Crippen LogP contribution in [0.5, 0.6) is 0 Å². The van der Waals surface area contributed by atoms with Gasteiger partial charge in [-0.15, -0.1) is 0 Å². The number of benzene rings is 1. The van der Waals surface area contributed by atoms with Crippen LogP contribution < -0.4 is 4.90 Å². The molecule has 1 aliphatic heterocycles. The Morgan fingerprint density at radius 3 is 2.24 bits per heavy atom. The molecule has 7 heteroatoms. The van der Waals surface area contributed by atoms with Gasteiger partial charge in [0.1, 0.15) is 11.9 Å². The number of carbonyl (C=O) groups excluding carboxylic acids is 1. The van der Waals surface area contributed by atoms with E-state index in [1.807, 2.05) is 40.0 Å². The van der Waals surface area contributed by atoms with Crippen molar-refractivity contribution in [3.63, 3.8) is 0 Å². The van der Waals surface area contributed by atoms with Crippen LogP contribution in [0.25, 0.3) is 11.4 Å². The maximum Gasteiger partial charge on any atom is 0.410 e. The number of hydrogen-bond acceptors (Lipinski definition) is 5. The molecule has 25 heavy (non-hydrogen) atoms. The molecule has 2 aromatic rings. The van der Waals surface area contributed by atoms with Gasteiger partial charge in [0.05, 0.1) is 0 Å². The maximum atomic E-state index is 12.1. The van der Waals surface area contributed by atoms with E-state index >= 15 is 0 Å². The van der Waals surface area contributed by atoms with Crippen LogP contribution in [0.2, 0.25) is 0 Å². The second-order valence-electron chi connectivity index (χ2n) is 7.24. The van der Waals surface area contributed by atoms with Crippen LogP contribution in [0.3, 0.4) is 0 Å². The molecule has 1 amide bonds. The second kappa shape index (κ2) is 6.74. The standard InChI is InChI=1S/C18H25N5O2/c1-18(2,3)25-17(24)23-11-9-22(10-12-23)15-7-5-14(6-8-15)16-19-13-21(4)20-16/h5-8,13H,9-12H2,1-4H3. The summed E-state index contributed by atoms with van der Waals surface area (Å²) in [7, 11) is 1.86. The van der Waals surface area contributed by atoms with Crippen LogP contribution >= 0.6 is 0 Å². The highest BCUT2D eigenvalue weighted by molar-refractivity contribution is 5.69. The molecular formula is C18H25N5O2. The summed E-state index contributed by atoms with van der Waals surface area (Å²) in [5.74, 6) is 0.726. The summed E-state index contributed by atoms with van der Waals surface area (Å²) in [6.07, 6.45) is 1.46. The van der Waals surface area contributed by atoms with Crippen molar-refractivity contribution in [2.75, 3.05) is 31.1 Å². The first-order valence-electron chi connectivity index (χ1n) is 8.51. The first kappa shape index (κ1) is 17.3. The zero-order valence-corrected chi connectivity index (χ0v) is 15.3. The number of carbonyl (C=O) groups is 1. The summed E-state index contributed by atoms with van der Waals surface area (Å²) in [5, 5.41) is 4.32. The van der Waals surface area contributed by atoms with Crippen LogP contribution in [-0.4, -0.2) is 57.5 Å². The van der Waals surface area contributed by atoms with Gasteiger partial charge in [-0.25, -0.2) is 9.78 Å². The second-order valence-corrected chi connectivity index (χ2v) is 7.24. The first-order chi connectivity index (χ1) is 11.8. The van der Waals surface area contributed by atoms with E-state index in [0.29, 0.717) is 13.1 Å². The quantitative estimate of drug-likeness (QED) is 0.838. The molecule has 3 rings (SSSR count). The van der Waals surface area contributed by atoms with E-state index < -0.39 is 5.60 Å². The third-order valence-corrected chi connectivity index (χ3v) is 4.02. The van der Waals surface area contributed by atoms with Crippen LogP contribution in [0.1, 0.15) is 20.8 Å². The van der Waals surface area contributed by atoms with Crippen molar-refractivity contribution in [1.29, 1.82) is 0 Å². The van der Waals surface area contributed by atoms with Gasteiger partial charge in [0.2, 0.25) is 0 Å². The fourth-order valence-corrected chi connectivity index (χ4v) is 2.77. The van der Waals surface area contributed by atoms with E-state index in [-0.39, 0.29) is 6.09 Å². The Bertz CT molecular complexity index is 725. The lowest BCUT2D eigenvalue weighted by molar-refractivity contribution is 0.0240. The average molecular weight is 343 g/mol. The first-order valence-corrected chi connectivity index (χ1v) is 8.51. The summed E-state index contributed by atoms with van der Waals surface area (Å²) >= 11 is 0. The molecule has 1 aromatic heterocycles. The number of piperazine rings is 1. The Kier molecular flexibility index (Phi) is 4.65. The predicted octanol–water partition coefficient (Wildman–Crippen LogP) is 2.54. The van der Waals surface area contributed by atoms with Crippen LogP contribution in [0, 0.1) is 0 Å². The fourth-order valence-electron chi connectivity index (χ4n) is 2.77. The summed E-state index contributed by atoms with van der Waals surface area (Å²) in [5.41, 5.74) is 1.68. The van der Waals surface area contributed by atoms with E-state index in [4.69, 9.17) is 4.74 Å². The number of anilines is 1. The van der Waals surface area contributed by atoms with Crippen molar-refractivity contribution < 1.29 is 9.53 Å². The van der Waals surface area contributed by atoms with Crippen LogP contribution in [0.4, 0.5) is 10.5 Å². The molecule has 0 bridgehead atoms. The van der Waals surface area contributed by atoms with Crippen molar-refractivity contribution in [2.45, 2.75) is 26.4 Å². The highest BCUT2D eigenvalue weighted by Crippen LogP contribution is 2.22. The topological polar surface area (TPSA) is 63.5 Å². The zero-order valence-electron chi connectivity index (χ0n) is 15.3. The number of aromatic nitrogens is 3. The smallest absolute Gasteiger partial charge is 0.410 e. The van der Waals surface area contributed by atoms with Gasteiger partial charge in [-0.05, 0) is 45.0 Å². The van der Waals surface area contributed by atoms with E-state index in [9.17, 15) is 4.79 Å². The molecule has 1 aromatic carbocycles. The molecule has 7 nitrogen and oxygen atoms in total. The minimum atomic E-state index is -0.455. The largest absolute Gasteiger partial charge is 0.444 e.